The van der Waals surface area contributed by atoms with E-state index in [4.69, 9.17) is 27.9 Å². The minimum absolute atomic E-state index is 0.0620. The third-order valence-electron chi connectivity index (χ3n) is 3.90. The molecule has 3 rings (SSSR count). The fourth-order valence-electron chi connectivity index (χ4n) is 2.53. The van der Waals surface area contributed by atoms with E-state index in [-0.39, 0.29) is 26.5 Å². The van der Waals surface area contributed by atoms with Crippen molar-refractivity contribution in [1.82, 2.24) is 0 Å². The molecule has 0 aliphatic rings. The number of halogens is 2. The third-order valence-corrected chi connectivity index (χ3v) is 5.70. The molecule has 3 aromatic rings. The number of hydrogen-bond donors (Lipinski definition) is 2. The summed E-state index contributed by atoms with van der Waals surface area (Å²) < 4.78 is 32.7. The molecule has 0 spiro atoms. The number of sulfonamides is 1. The van der Waals surface area contributed by atoms with Crippen LogP contribution in [0.3, 0.4) is 0 Å². The summed E-state index contributed by atoms with van der Waals surface area (Å²) in [6.45, 7) is 0. The maximum atomic E-state index is 12.5. The number of nitrogens with one attached hydrogen (secondary N) is 2. The van der Waals surface area contributed by atoms with Gasteiger partial charge in [-0.2, -0.15) is 0 Å². The van der Waals surface area contributed by atoms with Crippen molar-refractivity contribution >= 4 is 50.5 Å². The van der Waals surface area contributed by atoms with E-state index in [1.54, 1.807) is 24.3 Å². The second-order valence-electron chi connectivity index (χ2n) is 5.94. The average Bonchev–Trinajstić information content (AvgIpc) is 2.68. The van der Waals surface area contributed by atoms with Crippen LogP contribution in [0.5, 0.6) is 5.75 Å². The molecule has 1 amide bonds. The van der Waals surface area contributed by atoms with Crippen LogP contribution in [0.2, 0.25) is 10.0 Å². The number of hydrogen-bond acceptors (Lipinski definition) is 4. The van der Waals surface area contributed by atoms with Crippen LogP contribution >= 0.6 is 23.2 Å². The number of carbonyl (C=O) groups excluding carboxylic acids is 1. The molecule has 9 heteroatoms. The van der Waals surface area contributed by atoms with Crippen molar-refractivity contribution in [3.8, 4) is 5.75 Å². The van der Waals surface area contributed by atoms with E-state index in [1.807, 2.05) is 0 Å². The Bertz CT molecular complexity index is 1130. The van der Waals surface area contributed by atoms with Gasteiger partial charge >= 0.3 is 0 Å². The fraction of sp³-hybridized carbons (Fsp3) is 0.0500. The topological polar surface area (TPSA) is 84.5 Å². The summed E-state index contributed by atoms with van der Waals surface area (Å²) in [5, 5.41) is 3.17. The number of rotatable bonds is 6. The number of methoxy groups -OCH3 is 1. The molecule has 2 N–H and O–H groups in total. The van der Waals surface area contributed by atoms with Crippen LogP contribution in [0.1, 0.15) is 10.4 Å². The number of ether oxygens (including phenoxy) is 1. The molecular weight excluding hydrogens is 435 g/mol. The van der Waals surface area contributed by atoms with Crippen molar-refractivity contribution in [2.45, 2.75) is 4.90 Å². The van der Waals surface area contributed by atoms with Crippen LogP contribution in [0.4, 0.5) is 11.4 Å². The first-order valence-electron chi connectivity index (χ1n) is 8.32. The molecule has 6 nitrogen and oxygen atoms in total. The lowest BCUT2D eigenvalue weighted by atomic mass is 10.2. The molecule has 0 saturated heterocycles. The minimum Gasteiger partial charge on any atom is -0.495 e. The van der Waals surface area contributed by atoms with Gasteiger partial charge in [0, 0.05) is 21.3 Å². The standard InChI is InChI=1S/C20H16Cl2N2O4S/c1-28-19-5-3-2-4-18(19)23-20(25)13-6-8-16(9-7-13)24-29(26,27)17-11-14(21)10-15(22)12-17/h2-12,24H,1H3,(H,23,25). The molecule has 0 aliphatic heterocycles. The number of para-hydroxylation sites is 2. The van der Waals surface area contributed by atoms with Crippen molar-refractivity contribution in [3.05, 3.63) is 82.3 Å². The van der Waals surface area contributed by atoms with E-state index in [2.05, 4.69) is 10.0 Å². The Morgan fingerprint density at radius 2 is 1.55 bits per heavy atom. The van der Waals surface area contributed by atoms with E-state index in [1.165, 1.54) is 49.6 Å². The SMILES string of the molecule is COc1ccccc1NC(=O)c1ccc(NS(=O)(=O)c2cc(Cl)cc(Cl)c2)cc1. The second kappa shape index (κ2) is 8.73. The monoisotopic (exact) mass is 450 g/mol. The predicted octanol–water partition coefficient (Wildman–Crippen LogP) is 5.06. The zero-order valence-electron chi connectivity index (χ0n) is 15.1. The van der Waals surface area contributed by atoms with E-state index < -0.39 is 10.0 Å². The average molecular weight is 451 g/mol. The smallest absolute Gasteiger partial charge is 0.261 e. The van der Waals surface area contributed by atoms with Gasteiger partial charge in [-0.05, 0) is 54.6 Å². The lowest BCUT2D eigenvalue weighted by Crippen LogP contribution is -2.14. The van der Waals surface area contributed by atoms with Crippen LogP contribution in [0.15, 0.2) is 71.6 Å². The molecule has 0 radical (unpaired) electrons. The first kappa shape index (κ1) is 21.0. The fourth-order valence-corrected chi connectivity index (χ4v) is 4.31. The van der Waals surface area contributed by atoms with E-state index >= 15 is 0 Å². The molecule has 0 bridgehead atoms. The highest BCUT2D eigenvalue weighted by Gasteiger charge is 2.16. The summed E-state index contributed by atoms with van der Waals surface area (Å²) in [4.78, 5) is 12.4. The maximum absolute atomic E-state index is 12.5. The Balaban J connectivity index is 1.75. The Hall–Kier alpha value is -2.74. The Kier molecular flexibility index (Phi) is 6.32. The maximum Gasteiger partial charge on any atom is 0.261 e. The largest absolute Gasteiger partial charge is 0.495 e. The highest BCUT2D eigenvalue weighted by atomic mass is 35.5. The highest BCUT2D eigenvalue weighted by molar-refractivity contribution is 7.92. The molecular formula is C20H16Cl2N2O4S. The second-order valence-corrected chi connectivity index (χ2v) is 8.50. The molecule has 0 aliphatic carbocycles. The Labute approximate surface area is 178 Å². The van der Waals surface area contributed by atoms with Gasteiger partial charge in [0.05, 0.1) is 17.7 Å². The Morgan fingerprint density at radius 3 is 2.17 bits per heavy atom. The third kappa shape index (κ3) is 5.20. The van der Waals surface area contributed by atoms with Crippen molar-refractivity contribution in [2.75, 3.05) is 17.1 Å². The van der Waals surface area contributed by atoms with Crippen LogP contribution in [-0.2, 0) is 10.0 Å². The van der Waals surface area contributed by atoms with Crippen LogP contribution in [0, 0.1) is 0 Å². The van der Waals surface area contributed by atoms with E-state index in [9.17, 15) is 13.2 Å². The molecule has 29 heavy (non-hydrogen) atoms. The van der Waals surface area contributed by atoms with Crippen LogP contribution in [0.25, 0.3) is 0 Å². The molecule has 0 atom stereocenters. The quantitative estimate of drug-likeness (QED) is 0.549. The summed E-state index contributed by atoms with van der Waals surface area (Å²) in [5.74, 6) is 0.177. The van der Waals surface area contributed by atoms with Gasteiger partial charge in [-0.1, -0.05) is 35.3 Å². The van der Waals surface area contributed by atoms with Crippen molar-refractivity contribution in [2.24, 2.45) is 0 Å². The van der Waals surface area contributed by atoms with Gasteiger partial charge in [0.1, 0.15) is 5.75 Å². The highest BCUT2D eigenvalue weighted by Crippen LogP contribution is 2.25. The number of amides is 1. The predicted molar refractivity (Wildman–Crippen MR) is 115 cm³/mol. The first-order valence-corrected chi connectivity index (χ1v) is 10.6. The first-order chi connectivity index (χ1) is 13.8. The summed E-state index contributed by atoms with van der Waals surface area (Å²) in [7, 11) is -2.37. The van der Waals surface area contributed by atoms with E-state index in [0.29, 0.717) is 17.0 Å². The minimum atomic E-state index is -3.88. The molecule has 0 heterocycles. The van der Waals surface area contributed by atoms with Gasteiger partial charge in [-0.15, -0.1) is 0 Å². The summed E-state index contributed by atoms with van der Waals surface area (Å²) in [6, 6.07) is 17.0. The van der Waals surface area contributed by atoms with Crippen molar-refractivity contribution in [1.29, 1.82) is 0 Å². The summed E-state index contributed by atoms with van der Waals surface area (Å²) in [6.07, 6.45) is 0. The summed E-state index contributed by atoms with van der Waals surface area (Å²) in [5.41, 5.74) is 1.17. The lowest BCUT2D eigenvalue weighted by molar-refractivity contribution is 0.102. The summed E-state index contributed by atoms with van der Waals surface area (Å²) >= 11 is 11.7. The van der Waals surface area contributed by atoms with Crippen LogP contribution < -0.4 is 14.8 Å². The van der Waals surface area contributed by atoms with Gasteiger partial charge < -0.3 is 10.1 Å². The molecule has 3 aromatic carbocycles. The normalized spacial score (nSPS) is 11.0. The Morgan fingerprint density at radius 1 is 0.931 bits per heavy atom. The van der Waals surface area contributed by atoms with Crippen LogP contribution in [-0.4, -0.2) is 21.4 Å². The van der Waals surface area contributed by atoms with Crippen molar-refractivity contribution in [3.63, 3.8) is 0 Å². The van der Waals surface area contributed by atoms with E-state index in [0.717, 1.165) is 0 Å². The number of carbonyl (C=O) groups is 1. The zero-order valence-corrected chi connectivity index (χ0v) is 17.5. The van der Waals surface area contributed by atoms with Crippen molar-refractivity contribution < 1.29 is 17.9 Å². The molecule has 0 aromatic heterocycles. The van der Waals surface area contributed by atoms with Gasteiger partial charge in [0.2, 0.25) is 0 Å². The zero-order chi connectivity index (χ0) is 21.0. The van der Waals surface area contributed by atoms with Gasteiger partial charge in [-0.3, -0.25) is 9.52 Å². The molecule has 150 valence electrons. The molecule has 0 saturated carbocycles. The van der Waals surface area contributed by atoms with Gasteiger partial charge in [-0.25, -0.2) is 8.42 Å². The van der Waals surface area contributed by atoms with Gasteiger partial charge in [0.25, 0.3) is 15.9 Å². The lowest BCUT2D eigenvalue weighted by Gasteiger charge is -2.11. The number of benzene rings is 3. The number of anilines is 2. The molecule has 0 unspecified atom stereocenters. The van der Waals surface area contributed by atoms with Gasteiger partial charge in [0.15, 0.2) is 0 Å². The molecule has 0 fully saturated rings.